The molecule has 0 spiro atoms. The van der Waals surface area contributed by atoms with Crippen molar-refractivity contribution in [1.29, 1.82) is 0 Å². The molecule has 4 rings (SSSR count). The zero-order chi connectivity index (χ0) is 19.5. The molecule has 0 bridgehead atoms. The van der Waals surface area contributed by atoms with Gasteiger partial charge < -0.3 is 15.1 Å². The molecule has 2 aliphatic rings. The van der Waals surface area contributed by atoms with Gasteiger partial charge >= 0.3 is 6.03 Å². The molecule has 1 aromatic heterocycles. The smallest absolute Gasteiger partial charge is 0.317 e. The summed E-state index contributed by atoms with van der Waals surface area (Å²) in [5.41, 5.74) is 1.25. The lowest BCUT2D eigenvalue weighted by atomic mass is 10.1. The number of hydrogen-bond acceptors (Lipinski definition) is 3. The van der Waals surface area contributed by atoms with Gasteiger partial charge in [0.15, 0.2) is 0 Å². The molecule has 0 aliphatic carbocycles. The topological polar surface area (TPSA) is 70.5 Å². The first kappa shape index (κ1) is 18.5. The van der Waals surface area contributed by atoms with Gasteiger partial charge in [-0.25, -0.2) is 13.9 Å². The number of rotatable bonds is 4. The summed E-state index contributed by atoms with van der Waals surface area (Å²) < 4.78 is 15.8. The number of urea groups is 1. The Bertz CT molecular complexity index is 835. The number of halogens is 1. The molecule has 2 aliphatic heterocycles. The van der Waals surface area contributed by atoms with Crippen molar-refractivity contribution in [2.24, 2.45) is 0 Å². The normalized spacial score (nSPS) is 21.9. The monoisotopic (exact) mass is 385 g/mol. The Labute approximate surface area is 163 Å². The van der Waals surface area contributed by atoms with Gasteiger partial charge in [0.25, 0.3) is 5.91 Å². The number of alkyl halides is 1. The fourth-order valence-electron chi connectivity index (χ4n) is 3.91. The molecular formula is C20H24FN5O2. The lowest BCUT2D eigenvalue weighted by Gasteiger charge is -2.26. The number of carbonyl (C=O) groups excluding carboxylic acids is 2. The van der Waals surface area contributed by atoms with E-state index in [9.17, 15) is 14.0 Å². The van der Waals surface area contributed by atoms with E-state index >= 15 is 0 Å². The first-order valence-corrected chi connectivity index (χ1v) is 9.70. The van der Waals surface area contributed by atoms with Crippen LogP contribution < -0.4 is 5.32 Å². The highest BCUT2D eigenvalue weighted by Gasteiger charge is 2.36. The Hall–Kier alpha value is -2.90. The second kappa shape index (κ2) is 8.00. The van der Waals surface area contributed by atoms with Crippen LogP contribution in [0.15, 0.2) is 42.7 Å². The average molecular weight is 385 g/mol. The van der Waals surface area contributed by atoms with Crippen molar-refractivity contribution in [1.82, 2.24) is 24.9 Å². The third-order valence-corrected chi connectivity index (χ3v) is 5.37. The molecule has 0 radical (unpaired) electrons. The Morgan fingerprint density at radius 3 is 2.79 bits per heavy atom. The van der Waals surface area contributed by atoms with Crippen LogP contribution >= 0.6 is 0 Å². The maximum absolute atomic E-state index is 14.1. The molecule has 148 valence electrons. The Morgan fingerprint density at radius 1 is 1.21 bits per heavy atom. The Balaban J connectivity index is 1.44. The quantitative estimate of drug-likeness (QED) is 0.877. The Kier molecular flexibility index (Phi) is 5.27. The molecule has 0 saturated carbocycles. The third-order valence-electron chi connectivity index (χ3n) is 5.37. The minimum atomic E-state index is -1.08. The first-order valence-electron chi connectivity index (χ1n) is 9.70. The maximum Gasteiger partial charge on any atom is 0.317 e. The molecule has 3 heterocycles. The third kappa shape index (κ3) is 3.85. The SMILES string of the molecule is O=C(NC[C@@H]1C[C@H](F)CN1C(=O)c1cccc(-n2cccn2)c1)N1CCCC1. The van der Waals surface area contributed by atoms with Crippen LogP contribution in [0.2, 0.25) is 0 Å². The number of aromatic nitrogens is 2. The van der Waals surface area contributed by atoms with E-state index in [0.29, 0.717) is 5.56 Å². The highest BCUT2D eigenvalue weighted by molar-refractivity contribution is 5.95. The molecule has 3 amide bonds. The molecule has 2 aromatic rings. The average Bonchev–Trinajstić information content (AvgIpc) is 3.47. The van der Waals surface area contributed by atoms with Crippen molar-refractivity contribution in [2.75, 3.05) is 26.2 Å². The number of amides is 3. The van der Waals surface area contributed by atoms with Crippen molar-refractivity contribution in [3.05, 3.63) is 48.3 Å². The minimum Gasteiger partial charge on any atom is -0.336 e. The molecule has 2 atom stereocenters. The Morgan fingerprint density at radius 2 is 2.04 bits per heavy atom. The highest BCUT2D eigenvalue weighted by Crippen LogP contribution is 2.23. The molecule has 2 saturated heterocycles. The number of hydrogen-bond donors (Lipinski definition) is 1. The lowest BCUT2D eigenvalue weighted by molar-refractivity contribution is 0.0728. The van der Waals surface area contributed by atoms with Gasteiger partial charge in [-0.3, -0.25) is 4.79 Å². The standard InChI is InChI=1S/C20H24FN5O2/c21-16-12-18(13-22-20(28)24-8-1-2-9-24)25(14-16)19(27)15-5-3-6-17(11-15)26-10-4-7-23-26/h3-7,10-11,16,18H,1-2,8-9,12-14H2,(H,22,28)/t16-,18-/m0/s1. The van der Waals surface area contributed by atoms with Crippen LogP contribution in [0.25, 0.3) is 5.69 Å². The van der Waals surface area contributed by atoms with Crippen molar-refractivity contribution in [2.45, 2.75) is 31.5 Å². The van der Waals surface area contributed by atoms with Gasteiger partial charge in [-0.15, -0.1) is 0 Å². The zero-order valence-electron chi connectivity index (χ0n) is 15.6. The van der Waals surface area contributed by atoms with Gasteiger partial charge in [0.05, 0.1) is 18.3 Å². The summed E-state index contributed by atoms with van der Waals surface area (Å²) in [6.45, 7) is 1.83. The van der Waals surface area contributed by atoms with E-state index in [0.717, 1.165) is 31.6 Å². The van der Waals surface area contributed by atoms with E-state index in [2.05, 4.69) is 10.4 Å². The van der Waals surface area contributed by atoms with Crippen molar-refractivity contribution < 1.29 is 14.0 Å². The summed E-state index contributed by atoms with van der Waals surface area (Å²) in [6, 6.07) is 8.45. The van der Waals surface area contributed by atoms with Crippen LogP contribution in [-0.2, 0) is 0 Å². The number of nitrogens with one attached hydrogen (secondary N) is 1. The van der Waals surface area contributed by atoms with Gasteiger partial charge in [0.2, 0.25) is 0 Å². The highest BCUT2D eigenvalue weighted by atomic mass is 19.1. The summed E-state index contributed by atoms with van der Waals surface area (Å²) in [7, 11) is 0. The van der Waals surface area contributed by atoms with Crippen LogP contribution in [0, 0.1) is 0 Å². The van der Waals surface area contributed by atoms with E-state index in [1.165, 1.54) is 4.90 Å². The second-order valence-corrected chi connectivity index (χ2v) is 7.33. The zero-order valence-corrected chi connectivity index (χ0v) is 15.6. The largest absolute Gasteiger partial charge is 0.336 e. The van der Waals surface area contributed by atoms with Crippen LogP contribution in [0.1, 0.15) is 29.6 Å². The number of benzene rings is 1. The number of likely N-dealkylation sites (tertiary alicyclic amines) is 2. The van der Waals surface area contributed by atoms with Crippen LogP contribution in [0.4, 0.5) is 9.18 Å². The van der Waals surface area contributed by atoms with E-state index in [1.54, 1.807) is 40.2 Å². The van der Waals surface area contributed by atoms with Gasteiger partial charge in [0.1, 0.15) is 6.17 Å². The molecule has 8 heteroatoms. The second-order valence-electron chi connectivity index (χ2n) is 7.33. The van der Waals surface area contributed by atoms with Crippen molar-refractivity contribution in [3.63, 3.8) is 0 Å². The maximum atomic E-state index is 14.1. The fraction of sp³-hybridized carbons (Fsp3) is 0.450. The fourth-order valence-corrected chi connectivity index (χ4v) is 3.91. The van der Waals surface area contributed by atoms with E-state index in [4.69, 9.17) is 0 Å². The predicted molar refractivity (Wildman–Crippen MR) is 102 cm³/mol. The summed E-state index contributed by atoms with van der Waals surface area (Å²) in [5.74, 6) is -0.227. The molecular weight excluding hydrogens is 361 g/mol. The number of carbonyl (C=O) groups is 2. The van der Waals surface area contributed by atoms with E-state index in [-0.39, 0.29) is 37.5 Å². The van der Waals surface area contributed by atoms with Crippen LogP contribution in [0.3, 0.4) is 0 Å². The summed E-state index contributed by atoms with van der Waals surface area (Å²) in [6.07, 6.45) is 4.66. The summed E-state index contributed by atoms with van der Waals surface area (Å²) >= 11 is 0. The molecule has 1 N–H and O–H groups in total. The summed E-state index contributed by atoms with van der Waals surface area (Å²) in [4.78, 5) is 28.6. The van der Waals surface area contributed by atoms with Crippen molar-refractivity contribution in [3.8, 4) is 5.69 Å². The van der Waals surface area contributed by atoms with E-state index < -0.39 is 6.17 Å². The molecule has 1 aromatic carbocycles. The minimum absolute atomic E-state index is 0.0507. The van der Waals surface area contributed by atoms with Gasteiger partial charge in [0, 0.05) is 44.0 Å². The molecule has 0 unspecified atom stereocenters. The van der Waals surface area contributed by atoms with Gasteiger partial charge in [-0.2, -0.15) is 5.10 Å². The van der Waals surface area contributed by atoms with Crippen molar-refractivity contribution >= 4 is 11.9 Å². The molecule has 7 nitrogen and oxygen atoms in total. The first-order chi connectivity index (χ1) is 13.6. The molecule has 2 fully saturated rings. The van der Waals surface area contributed by atoms with E-state index in [1.807, 2.05) is 12.1 Å². The van der Waals surface area contributed by atoms with Gasteiger partial charge in [-0.05, 0) is 37.1 Å². The van der Waals surface area contributed by atoms with Crippen LogP contribution in [0.5, 0.6) is 0 Å². The molecule has 28 heavy (non-hydrogen) atoms. The van der Waals surface area contributed by atoms with Crippen LogP contribution in [-0.4, -0.2) is 69.9 Å². The number of nitrogens with zero attached hydrogens (tertiary/aromatic N) is 4. The summed E-state index contributed by atoms with van der Waals surface area (Å²) in [5, 5.41) is 7.05. The van der Waals surface area contributed by atoms with Gasteiger partial charge in [-0.1, -0.05) is 6.07 Å². The predicted octanol–water partition coefficient (Wildman–Crippen LogP) is 2.23. The lowest BCUT2D eigenvalue weighted by Crippen LogP contribution is -2.46.